The summed E-state index contributed by atoms with van der Waals surface area (Å²) in [5, 5.41) is 3.28. The number of hydrogen-bond acceptors (Lipinski definition) is 3. The van der Waals surface area contributed by atoms with Crippen LogP contribution in [0.5, 0.6) is 0 Å². The predicted octanol–water partition coefficient (Wildman–Crippen LogP) is 2.15. The fourth-order valence-corrected chi connectivity index (χ4v) is 4.60. The number of rotatable bonds is 5. The van der Waals surface area contributed by atoms with Crippen LogP contribution in [0.1, 0.15) is 25.3 Å². The minimum atomic E-state index is -3.24. The number of nitrogens with one attached hydrogen (secondary N) is 1. The van der Waals surface area contributed by atoms with Gasteiger partial charge in [0, 0.05) is 6.54 Å². The first-order valence-corrected chi connectivity index (χ1v) is 8.91. The predicted molar refractivity (Wildman–Crippen MR) is 83.6 cm³/mol. The Morgan fingerprint density at radius 3 is 2.55 bits per heavy atom. The van der Waals surface area contributed by atoms with Crippen molar-refractivity contribution >= 4 is 15.7 Å². The van der Waals surface area contributed by atoms with Crippen molar-refractivity contribution in [1.29, 1.82) is 0 Å². The Morgan fingerprint density at radius 2 is 2.00 bits per heavy atom. The van der Waals surface area contributed by atoms with E-state index < -0.39 is 10.0 Å². The molecule has 1 aromatic carbocycles. The van der Waals surface area contributed by atoms with Crippen molar-refractivity contribution in [2.45, 2.75) is 26.7 Å². The van der Waals surface area contributed by atoms with Gasteiger partial charge in [-0.15, -0.1) is 0 Å². The lowest BCUT2D eigenvalue weighted by molar-refractivity contribution is 0.403. The Kier molecular flexibility index (Phi) is 5.05. The molecular formula is C15H24N2O2S. The molecule has 0 amide bonds. The second-order valence-corrected chi connectivity index (χ2v) is 7.43. The third-order valence-electron chi connectivity index (χ3n) is 3.79. The van der Waals surface area contributed by atoms with Gasteiger partial charge in [-0.05, 0) is 57.8 Å². The lowest BCUT2D eigenvalue weighted by atomic mass is 10.0. The topological polar surface area (TPSA) is 49.4 Å². The maximum Gasteiger partial charge on any atom is 0.235 e. The fraction of sp³-hybridized carbons (Fsp3) is 0.600. The van der Waals surface area contributed by atoms with Crippen molar-refractivity contribution in [2.75, 3.05) is 29.7 Å². The van der Waals surface area contributed by atoms with Crippen LogP contribution in [0.3, 0.4) is 0 Å². The molecule has 1 N–H and O–H groups in total. The van der Waals surface area contributed by atoms with E-state index in [2.05, 4.69) is 5.32 Å². The summed E-state index contributed by atoms with van der Waals surface area (Å²) < 4.78 is 26.8. The Balaban J connectivity index is 2.14. The zero-order valence-corrected chi connectivity index (χ0v) is 13.1. The van der Waals surface area contributed by atoms with E-state index in [4.69, 9.17) is 0 Å². The SMILES string of the molecule is CCN(c1ccc(C)cc1)S(=O)(=O)CC1CCCNC1. The molecule has 1 fully saturated rings. The molecule has 5 heteroatoms. The summed E-state index contributed by atoms with van der Waals surface area (Å²) >= 11 is 0. The molecule has 4 nitrogen and oxygen atoms in total. The molecule has 1 atom stereocenters. The van der Waals surface area contributed by atoms with Gasteiger partial charge in [0.05, 0.1) is 11.4 Å². The summed E-state index contributed by atoms with van der Waals surface area (Å²) in [6, 6.07) is 7.68. The standard InChI is InChI=1S/C15H24N2O2S/c1-3-17(15-8-6-13(2)7-9-15)20(18,19)12-14-5-4-10-16-11-14/h6-9,14,16H,3-5,10-12H2,1-2H3. The van der Waals surface area contributed by atoms with Crippen molar-refractivity contribution in [2.24, 2.45) is 5.92 Å². The highest BCUT2D eigenvalue weighted by atomic mass is 32.2. The van der Waals surface area contributed by atoms with Crippen LogP contribution in [-0.2, 0) is 10.0 Å². The lowest BCUT2D eigenvalue weighted by Gasteiger charge is -2.28. The second kappa shape index (κ2) is 6.59. The van der Waals surface area contributed by atoms with E-state index in [1.807, 2.05) is 38.1 Å². The second-order valence-electron chi connectivity index (χ2n) is 5.49. The van der Waals surface area contributed by atoms with Gasteiger partial charge < -0.3 is 5.32 Å². The molecule has 1 aliphatic rings. The summed E-state index contributed by atoms with van der Waals surface area (Å²) in [6.07, 6.45) is 2.06. The van der Waals surface area contributed by atoms with Gasteiger partial charge in [0.25, 0.3) is 0 Å². The Bertz CT molecular complexity index is 519. The van der Waals surface area contributed by atoms with Gasteiger partial charge in [0.15, 0.2) is 0 Å². The zero-order chi connectivity index (χ0) is 14.6. The molecule has 1 aliphatic heterocycles. The molecule has 0 spiro atoms. The van der Waals surface area contributed by atoms with Crippen LogP contribution in [-0.4, -0.2) is 33.8 Å². The number of aryl methyl sites for hydroxylation is 1. The normalized spacial score (nSPS) is 19.8. The van der Waals surface area contributed by atoms with Gasteiger partial charge >= 0.3 is 0 Å². The van der Waals surface area contributed by atoms with Crippen LogP contribution in [0.2, 0.25) is 0 Å². The van der Waals surface area contributed by atoms with Crippen LogP contribution in [0.25, 0.3) is 0 Å². The molecule has 1 heterocycles. The maximum absolute atomic E-state index is 12.6. The quantitative estimate of drug-likeness (QED) is 0.906. The molecule has 112 valence electrons. The van der Waals surface area contributed by atoms with Crippen LogP contribution >= 0.6 is 0 Å². The molecule has 1 aromatic rings. The first-order chi connectivity index (χ1) is 9.53. The van der Waals surface area contributed by atoms with Gasteiger partial charge in [-0.2, -0.15) is 0 Å². The van der Waals surface area contributed by atoms with Gasteiger partial charge in [0.1, 0.15) is 0 Å². The first-order valence-electron chi connectivity index (χ1n) is 7.30. The Labute approximate surface area is 122 Å². The average molecular weight is 296 g/mol. The van der Waals surface area contributed by atoms with Crippen LogP contribution < -0.4 is 9.62 Å². The molecule has 1 unspecified atom stereocenters. The number of piperidine rings is 1. The third kappa shape index (κ3) is 3.73. The first kappa shape index (κ1) is 15.3. The van der Waals surface area contributed by atoms with E-state index in [0.29, 0.717) is 6.54 Å². The summed E-state index contributed by atoms with van der Waals surface area (Å²) in [5.41, 5.74) is 1.90. The maximum atomic E-state index is 12.6. The Hall–Kier alpha value is -1.07. The molecule has 0 radical (unpaired) electrons. The lowest BCUT2D eigenvalue weighted by Crippen LogP contribution is -2.40. The van der Waals surface area contributed by atoms with Crippen LogP contribution in [0, 0.1) is 12.8 Å². The summed E-state index contributed by atoms with van der Waals surface area (Å²) in [5.74, 6) is 0.468. The van der Waals surface area contributed by atoms with Crippen molar-refractivity contribution in [3.63, 3.8) is 0 Å². The number of benzene rings is 1. The minimum Gasteiger partial charge on any atom is -0.316 e. The zero-order valence-electron chi connectivity index (χ0n) is 12.3. The van der Waals surface area contributed by atoms with Crippen molar-refractivity contribution in [1.82, 2.24) is 5.32 Å². The van der Waals surface area contributed by atoms with E-state index in [9.17, 15) is 8.42 Å². The number of anilines is 1. The van der Waals surface area contributed by atoms with E-state index >= 15 is 0 Å². The number of hydrogen-bond donors (Lipinski definition) is 1. The third-order valence-corrected chi connectivity index (χ3v) is 5.82. The van der Waals surface area contributed by atoms with E-state index in [0.717, 1.165) is 37.2 Å². The highest BCUT2D eigenvalue weighted by Gasteiger charge is 2.26. The van der Waals surface area contributed by atoms with E-state index in [1.54, 1.807) is 0 Å². The monoisotopic (exact) mass is 296 g/mol. The molecule has 20 heavy (non-hydrogen) atoms. The molecule has 0 saturated carbocycles. The minimum absolute atomic E-state index is 0.230. The molecule has 2 rings (SSSR count). The van der Waals surface area contributed by atoms with E-state index in [-0.39, 0.29) is 11.7 Å². The van der Waals surface area contributed by atoms with Crippen molar-refractivity contribution < 1.29 is 8.42 Å². The summed E-state index contributed by atoms with van der Waals surface area (Å²) in [4.78, 5) is 0. The smallest absolute Gasteiger partial charge is 0.235 e. The Morgan fingerprint density at radius 1 is 1.30 bits per heavy atom. The highest BCUT2D eigenvalue weighted by Crippen LogP contribution is 2.22. The van der Waals surface area contributed by atoms with Gasteiger partial charge in [-0.25, -0.2) is 8.42 Å². The molecule has 0 aromatic heterocycles. The molecule has 0 bridgehead atoms. The summed E-state index contributed by atoms with van der Waals surface area (Å²) in [6.45, 7) is 6.18. The number of nitrogens with zero attached hydrogens (tertiary/aromatic N) is 1. The van der Waals surface area contributed by atoms with Crippen LogP contribution in [0.4, 0.5) is 5.69 Å². The molecular weight excluding hydrogens is 272 g/mol. The van der Waals surface area contributed by atoms with Gasteiger partial charge in [-0.3, -0.25) is 4.31 Å². The highest BCUT2D eigenvalue weighted by molar-refractivity contribution is 7.92. The van der Waals surface area contributed by atoms with Gasteiger partial charge in [-0.1, -0.05) is 17.7 Å². The van der Waals surface area contributed by atoms with Crippen LogP contribution in [0.15, 0.2) is 24.3 Å². The summed E-state index contributed by atoms with van der Waals surface area (Å²) in [7, 11) is -3.24. The van der Waals surface area contributed by atoms with E-state index in [1.165, 1.54) is 4.31 Å². The number of sulfonamides is 1. The fourth-order valence-electron chi connectivity index (χ4n) is 2.70. The molecule has 1 saturated heterocycles. The molecule has 0 aliphatic carbocycles. The average Bonchev–Trinajstić information content (AvgIpc) is 2.42. The van der Waals surface area contributed by atoms with Crippen molar-refractivity contribution in [3.8, 4) is 0 Å². The van der Waals surface area contributed by atoms with Gasteiger partial charge in [0.2, 0.25) is 10.0 Å². The largest absolute Gasteiger partial charge is 0.316 e. The van der Waals surface area contributed by atoms with Crippen molar-refractivity contribution in [3.05, 3.63) is 29.8 Å².